The summed E-state index contributed by atoms with van der Waals surface area (Å²) in [6, 6.07) is 6.74. The first-order valence-corrected chi connectivity index (χ1v) is 8.72. The van der Waals surface area contributed by atoms with E-state index in [2.05, 4.69) is 4.74 Å². The number of methoxy groups -OCH3 is 2. The normalized spacial score (nSPS) is 13.6. The van der Waals surface area contributed by atoms with Gasteiger partial charge in [0.2, 0.25) is 6.41 Å². The van der Waals surface area contributed by atoms with E-state index in [-0.39, 0.29) is 11.5 Å². The number of carbonyl (C=O) groups excluding carboxylic acids is 3. The van der Waals surface area contributed by atoms with E-state index in [4.69, 9.17) is 4.74 Å². The summed E-state index contributed by atoms with van der Waals surface area (Å²) in [5.41, 5.74) is 0.868. The molecule has 1 heterocycles. The second-order valence-corrected chi connectivity index (χ2v) is 6.86. The summed E-state index contributed by atoms with van der Waals surface area (Å²) in [5.74, 6) is -0.150. The van der Waals surface area contributed by atoms with Gasteiger partial charge >= 0.3 is 0 Å². The van der Waals surface area contributed by atoms with E-state index in [0.717, 1.165) is 6.41 Å². The van der Waals surface area contributed by atoms with Crippen LogP contribution in [0.4, 0.5) is 0 Å². The molecular formula is C20H32N2O5. The van der Waals surface area contributed by atoms with Crippen molar-refractivity contribution in [1.82, 2.24) is 9.80 Å². The van der Waals surface area contributed by atoms with Crippen LogP contribution < -0.4 is 0 Å². The van der Waals surface area contributed by atoms with Crippen molar-refractivity contribution in [2.24, 2.45) is 0 Å². The van der Waals surface area contributed by atoms with Gasteiger partial charge in [0.1, 0.15) is 0 Å². The number of rotatable bonds is 3. The van der Waals surface area contributed by atoms with Crippen LogP contribution in [0.1, 0.15) is 41.5 Å². The Hall–Kier alpha value is -2.25. The Morgan fingerprint density at radius 2 is 1.48 bits per heavy atom. The van der Waals surface area contributed by atoms with Gasteiger partial charge in [-0.15, -0.1) is 0 Å². The zero-order valence-electron chi connectivity index (χ0n) is 17.2. The average molecular weight is 380 g/mol. The highest BCUT2D eigenvalue weighted by atomic mass is 16.5. The van der Waals surface area contributed by atoms with Crippen molar-refractivity contribution in [2.45, 2.75) is 26.4 Å². The van der Waals surface area contributed by atoms with E-state index in [0.29, 0.717) is 43.6 Å². The molecule has 0 bridgehead atoms. The minimum atomic E-state index is -0.150. The Kier molecular flexibility index (Phi) is 11.9. The van der Waals surface area contributed by atoms with Crippen LogP contribution in [0.25, 0.3) is 0 Å². The molecule has 0 aromatic heterocycles. The van der Waals surface area contributed by atoms with E-state index in [9.17, 15) is 14.4 Å². The Morgan fingerprint density at radius 1 is 1.00 bits per heavy atom. The molecule has 0 radical (unpaired) electrons. The quantitative estimate of drug-likeness (QED) is 0.751. The van der Waals surface area contributed by atoms with Gasteiger partial charge in [-0.05, 0) is 26.8 Å². The van der Waals surface area contributed by atoms with Gasteiger partial charge < -0.3 is 19.3 Å². The van der Waals surface area contributed by atoms with Crippen molar-refractivity contribution in [3.05, 3.63) is 35.4 Å². The van der Waals surface area contributed by atoms with E-state index < -0.39 is 0 Å². The molecular weight excluding hydrogens is 348 g/mol. The van der Waals surface area contributed by atoms with Gasteiger partial charge in [-0.25, -0.2) is 0 Å². The molecule has 0 N–H and O–H groups in total. The third-order valence-electron chi connectivity index (χ3n) is 3.68. The SMILES string of the molecule is COC.COC(C)(C)C.O=Cc1ccccc1C(=O)N1CCN(C=O)CC1. The summed E-state index contributed by atoms with van der Waals surface area (Å²) in [7, 11) is 4.96. The number of hydrogen-bond acceptors (Lipinski definition) is 5. The monoisotopic (exact) mass is 380 g/mol. The smallest absolute Gasteiger partial charge is 0.254 e. The van der Waals surface area contributed by atoms with Gasteiger partial charge in [0.15, 0.2) is 6.29 Å². The molecule has 1 aliphatic rings. The molecule has 1 saturated heterocycles. The molecule has 0 spiro atoms. The number of ether oxygens (including phenoxy) is 2. The zero-order chi connectivity index (χ0) is 20.9. The molecule has 7 heteroatoms. The first-order chi connectivity index (χ1) is 12.7. The lowest BCUT2D eigenvalue weighted by Gasteiger charge is -2.32. The summed E-state index contributed by atoms with van der Waals surface area (Å²) < 4.78 is 9.19. The van der Waals surface area contributed by atoms with Gasteiger partial charge in [0, 0.05) is 53.1 Å². The van der Waals surface area contributed by atoms with Crippen LogP contribution in [-0.2, 0) is 14.3 Å². The maximum Gasteiger partial charge on any atom is 0.254 e. The summed E-state index contributed by atoms with van der Waals surface area (Å²) in [5, 5.41) is 0. The fraction of sp³-hybridized carbons (Fsp3) is 0.550. The molecule has 152 valence electrons. The molecule has 1 aliphatic heterocycles. The van der Waals surface area contributed by atoms with Crippen LogP contribution in [0.2, 0.25) is 0 Å². The van der Waals surface area contributed by atoms with Crippen molar-refractivity contribution in [3.63, 3.8) is 0 Å². The Morgan fingerprint density at radius 3 is 1.89 bits per heavy atom. The molecule has 27 heavy (non-hydrogen) atoms. The lowest BCUT2D eigenvalue weighted by atomic mass is 10.1. The topological polar surface area (TPSA) is 76.2 Å². The van der Waals surface area contributed by atoms with Crippen LogP contribution in [0.5, 0.6) is 0 Å². The number of aldehydes is 1. The Labute approximate surface area is 162 Å². The van der Waals surface area contributed by atoms with E-state index in [1.807, 2.05) is 20.8 Å². The minimum Gasteiger partial charge on any atom is -0.388 e. The number of carbonyl (C=O) groups is 3. The summed E-state index contributed by atoms with van der Waals surface area (Å²) in [4.78, 5) is 37.0. The molecule has 0 aliphatic carbocycles. The lowest BCUT2D eigenvalue weighted by Crippen LogP contribution is -2.48. The fourth-order valence-corrected chi connectivity index (χ4v) is 2.00. The molecule has 0 saturated carbocycles. The van der Waals surface area contributed by atoms with E-state index in [1.165, 1.54) is 0 Å². The van der Waals surface area contributed by atoms with Gasteiger partial charge in [-0.2, -0.15) is 0 Å². The highest BCUT2D eigenvalue weighted by molar-refractivity contribution is 6.01. The number of piperazine rings is 1. The maximum atomic E-state index is 12.2. The van der Waals surface area contributed by atoms with Crippen molar-refractivity contribution in [2.75, 3.05) is 47.5 Å². The van der Waals surface area contributed by atoms with Crippen LogP contribution in [0.15, 0.2) is 24.3 Å². The summed E-state index contributed by atoms with van der Waals surface area (Å²) >= 11 is 0. The molecule has 1 aromatic carbocycles. The third kappa shape index (κ3) is 9.86. The van der Waals surface area contributed by atoms with Crippen LogP contribution >= 0.6 is 0 Å². The number of benzene rings is 1. The molecule has 7 nitrogen and oxygen atoms in total. The molecule has 1 aromatic rings. The highest BCUT2D eigenvalue weighted by Gasteiger charge is 2.22. The van der Waals surface area contributed by atoms with Gasteiger partial charge in [-0.1, -0.05) is 18.2 Å². The largest absolute Gasteiger partial charge is 0.388 e. The Bertz CT molecular complexity index is 576. The average Bonchev–Trinajstić information content (AvgIpc) is 2.68. The fourth-order valence-electron chi connectivity index (χ4n) is 2.00. The minimum absolute atomic E-state index is 0.0417. The number of hydrogen-bond donors (Lipinski definition) is 0. The van der Waals surface area contributed by atoms with Crippen LogP contribution in [0, 0.1) is 0 Å². The molecule has 2 rings (SSSR count). The first kappa shape index (κ1) is 24.8. The standard InChI is InChI=1S/C13H14N2O3.C5H12O.C2H6O/c16-9-11-3-1-2-4-12(11)13(18)15-7-5-14(10-17)6-8-15;1-5(2,3)6-4;1-3-2/h1-4,9-10H,5-8H2;1-4H3;1-2H3. The first-order valence-electron chi connectivity index (χ1n) is 8.72. The van der Waals surface area contributed by atoms with Crippen LogP contribution in [0.3, 0.4) is 0 Å². The van der Waals surface area contributed by atoms with Gasteiger partial charge in [-0.3, -0.25) is 14.4 Å². The van der Waals surface area contributed by atoms with Crippen molar-refractivity contribution < 1.29 is 23.9 Å². The summed E-state index contributed by atoms with van der Waals surface area (Å²) in [6.07, 6.45) is 1.48. The van der Waals surface area contributed by atoms with Gasteiger partial charge in [0.25, 0.3) is 5.91 Å². The van der Waals surface area contributed by atoms with Crippen molar-refractivity contribution in [1.29, 1.82) is 0 Å². The molecule has 0 atom stereocenters. The predicted molar refractivity (Wildman–Crippen MR) is 105 cm³/mol. The lowest BCUT2D eigenvalue weighted by molar-refractivity contribution is -0.119. The second kappa shape index (κ2) is 13.0. The molecule has 1 fully saturated rings. The predicted octanol–water partition coefficient (Wildman–Crippen LogP) is 2.11. The molecule has 2 amide bonds. The van der Waals surface area contributed by atoms with Crippen molar-refractivity contribution in [3.8, 4) is 0 Å². The van der Waals surface area contributed by atoms with Gasteiger partial charge in [0.05, 0.1) is 11.2 Å². The summed E-state index contributed by atoms with van der Waals surface area (Å²) in [6.45, 7) is 8.15. The number of nitrogens with zero attached hydrogens (tertiary/aromatic N) is 2. The maximum absolute atomic E-state index is 12.2. The second-order valence-electron chi connectivity index (χ2n) is 6.86. The Balaban J connectivity index is 0.000000632. The zero-order valence-corrected chi connectivity index (χ0v) is 17.2. The van der Waals surface area contributed by atoms with E-state index in [1.54, 1.807) is 55.4 Å². The highest BCUT2D eigenvalue weighted by Crippen LogP contribution is 2.11. The van der Waals surface area contributed by atoms with Crippen LogP contribution in [-0.4, -0.2) is 81.5 Å². The van der Waals surface area contributed by atoms with E-state index >= 15 is 0 Å². The molecule has 0 unspecified atom stereocenters. The third-order valence-corrected chi connectivity index (χ3v) is 3.68. The number of amides is 2. The van der Waals surface area contributed by atoms with Crippen molar-refractivity contribution >= 4 is 18.6 Å².